The number of hydrogen-bond acceptors (Lipinski definition) is 3. The minimum absolute atomic E-state index is 0.0960. The number of hydrogen-bond donors (Lipinski definition) is 1. The summed E-state index contributed by atoms with van der Waals surface area (Å²) in [5.74, 6) is -2.05. The van der Waals surface area contributed by atoms with Crippen molar-refractivity contribution in [1.29, 1.82) is 0 Å². The third-order valence-electron chi connectivity index (χ3n) is 3.29. The van der Waals surface area contributed by atoms with E-state index in [-0.39, 0.29) is 5.69 Å². The molecule has 0 aliphatic rings. The Morgan fingerprint density at radius 1 is 1.10 bits per heavy atom. The van der Waals surface area contributed by atoms with E-state index in [9.17, 15) is 18.9 Å². The number of anilines is 1. The van der Waals surface area contributed by atoms with Crippen LogP contribution in [0.1, 0.15) is 16.7 Å². The second-order valence-electron chi connectivity index (χ2n) is 4.81. The molecule has 4 nitrogen and oxygen atoms in total. The molecule has 1 N–H and O–H groups in total. The molecule has 0 amide bonds. The van der Waals surface area contributed by atoms with E-state index >= 15 is 0 Å². The maximum atomic E-state index is 13.6. The van der Waals surface area contributed by atoms with E-state index in [1.165, 1.54) is 0 Å². The van der Waals surface area contributed by atoms with Crippen LogP contribution in [-0.2, 0) is 6.54 Å². The number of nitro benzene ring substituents is 1. The Morgan fingerprint density at radius 2 is 1.81 bits per heavy atom. The zero-order chi connectivity index (χ0) is 15.6. The summed E-state index contributed by atoms with van der Waals surface area (Å²) in [6, 6.07) is 7.14. The molecule has 0 atom stereocenters. The lowest BCUT2D eigenvalue weighted by Gasteiger charge is -2.09. The van der Waals surface area contributed by atoms with E-state index in [1.54, 1.807) is 0 Å². The lowest BCUT2D eigenvalue weighted by molar-refractivity contribution is -0.387. The average Bonchev–Trinajstić information content (AvgIpc) is 2.41. The number of nitro groups is 1. The van der Waals surface area contributed by atoms with Crippen LogP contribution in [0.5, 0.6) is 0 Å². The fourth-order valence-electron chi connectivity index (χ4n) is 1.92. The number of aryl methyl sites for hydroxylation is 2. The predicted molar refractivity (Wildman–Crippen MR) is 76.3 cm³/mol. The summed E-state index contributed by atoms with van der Waals surface area (Å²) in [6.07, 6.45) is 0. The molecule has 110 valence electrons. The van der Waals surface area contributed by atoms with Gasteiger partial charge in [0.1, 0.15) is 5.82 Å². The van der Waals surface area contributed by atoms with Gasteiger partial charge in [0.05, 0.1) is 10.6 Å². The highest BCUT2D eigenvalue weighted by Gasteiger charge is 2.18. The molecule has 0 saturated carbocycles. The van der Waals surface area contributed by atoms with E-state index in [0.29, 0.717) is 12.6 Å². The highest BCUT2D eigenvalue weighted by atomic mass is 19.1. The van der Waals surface area contributed by atoms with Crippen molar-refractivity contribution >= 4 is 11.4 Å². The molecule has 0 aromatic heterocycles. The van der Waals surface area contributed by atoms with Crippen molar-refractivity contribution in [1.82, 2.24) is 0 Å². The molecule has 0 fully saturated rings. The molecular weight excluding hydrogens is 278 g/mol. The molecule has 2 aromatic carbocycles. The van der Waals surface area contributed by atoms with Crippen LogP contribution in [0.15, 0.2) is 30.3 Å². The summed E-state index contributed by atoms with van der Waals surface area (Å²) >= 11 is 0. The summed E-state index contributed by atoms with van der Waals surface area (Å²) in [6.45, 7) is 4.23. The van der Waals surface area contributed by atoms with Gasteiger partial charge in [-0.05, 0) is 30.5 Å². The zero-order valence-electron chi connectivity index (χ0n) is 11.6. The quantitative estimate of drug-likeness (QED) is 0.681. The number of rotatable bonds is 4. The van der Waals surface area contributed by atoms with Crippen molar-refractivity contribution in [2.75, 3.05) is 5.32 Å². The molecule has 21 heavy (non-hydrogen) atoms. The van der Waals surface area contributed by atoms with E-state index in [1.807, 2.05) is 32.0 Å². The molecule has 0 radical (unpaired) electrons. The second kappa shape index (κ2) is 5.87. The van der Waals surface area contributed by atoms with E-state index in [4.69, 9.17) is 0 Å². The van der Waals surface area contributed by atoms with Gasteiger partial charge in [-0.2, -0.15) is 4.39 Å². The first kappa shape index (κ1) is 14.9. The SMILES string of the molecule is Cc1ccc(CNc2cc([N+](=O)[O-])c(F)cc2F)cc1C. The molecule has 0 heterocycles. The molecule has 0 spiro atoms. The maximum absolute atomic E-state index is 13.6. The third kappa shape index (κ3) is 3.34. The third-order valence-corrected chi connectivity index (χ3v) is 3.29. The van der Waals surface area contributed by atoms with Gasteiger partial charge in [0.25, 0.3) is 0 Å². The molecule has 0 aliphatic heterocycles. The van der Waals surface area contributed by atoms with Gasteiger partial charge in [0, 0.05) is 18.7 Å². The lowest BCUT2D eigenvalue weighted by Crippen LogP contribution is -2.04. The highest BCUT2D eigenvalue weighted by Crippen LogP contribution is 2.25. The standard InChI is InChI=1S/C15H14F2N2O2/c1-9-3-4-11(5-10(9)2)8-18-14-7-15(19(20)21)13(17)6-12(14)16/h3-7,18H,8H2,1-2H3. The van der Waals surface area contributed by atoms with E-state index in [0.717, 1.165) is 22.8 Å². The second-order valence-corrected chi connectivity index (χ2v) is 4.81. The van der Waals surface area contributed by atoms with Crippen LogP contribution in [0.2, 0.25) is 0 Å². The topological polar surface area (TPSA) is 55.2 Å². The number of nitrogens with zero attached hydrogens (tertiary/aromatic N) is 1. The van der Waals surface area contributed by atoms with Crippen molar-refractivity contribution in [2.45, 2.75) is 20.4 Å². The molecule has 6 heteroatoms. The summed E-state index contributed by atoms with van der Waals surface area (Å²) in [7, 11) is 0. The van der Waals surface area contributed by atoms with Crippen LogP contribution in [0.25, 0.3) is 0 Å². The van der Waals surface area contributed by atoms with Gasteiger partial charge in [0.2, 0.25) is 5.82 Å². The molecule has 0 saturated heterocycles. The Kier molecular flexibility index (Phi) is 4.16. The largest absolute Gasteiger partial charge is 0.378 e. The first-order valence-electron chi connectivity index (χ1n) is 6.32. The Balaban J connectivity index is 2.21. The Morgan fingerprint density at radius 3 is 2.43 bits per heavy atom. The van der Waals surface area contributed by atoms with Crippen LogP contribution in [-0.4, -0.2) is 4.92 Å². The first-order chi connectivity index (χ1) is 9.88. The molecule has 0 unspecified atom stereocenters. The Bertz CT molecular complexity index is 702. The van der Waals surface area contributed by atoms with Crippen molar-refractivity contribution in [3.8, 4) is 0 Å². The van der Waals surface area contributed by atoms with Gasteiger partial charge in [0.15, 0.2) is 0 Å². The zero-order valence-corrected chi connectivity index (χ0v) is 11.6. The van der Waals surface area contributed by atoms with Crippen molar-refractivity contribution in [3.63, 3.8) is 0 Å². The van der Waals surface area contributed by atoms with Gasteiger partial charge < -0.3 is 5.32 Å². The highest BCUT2D eigenvalue weighted by molar-refractivity contribution is 5.53. The van der Waals surface area contributed by atoms with Crippen LogP contribution in [0.3, 0.4) is 0 Å². The maximum Gasteiger partial charge on any atom is 0.307 e. The molecule has 0 bridgehead atoms. The van der Waals surface area contributed by atoms with Crippen molar-refractivity contribution in [2.24, 2.45) is 0 Å². The van der Waals surface area contributed by atoms with E-state index in [2.05, 4.69) is 5.32 Å². The van der Waals surface area contributed by atoms with Gasteiger partial charge in [-0.25, -0.2) is 4.39 Å². The summed E-state index contributed by atoms with van der Waals surface area (Å²) < 4.78 is 26.8. The summed E-state index contributed by atoms with van der Waals surface area (Å²) in [5.41, 5.74) is 2.30. The smallest absolute Gasteiger partial charge is 0.307 e. The van der Waals surface area contributed by atoms with E-state index < -0.39 is 22.2 Å². The normalized spacial score (nSPS) is 10.5. The Labute approximate surface area is 120 Å². The van der Waals surface area contributed by atoms with Crippen LogP contribution >= 0.6 is 0 Å². The fraction of sp³-hybridized carbons (Fsp3) is 0.200. The number of nitrogens with one attached hydrogen (secondary N) is 1. The molecule has 0 aliphatic carbocycles. The average molecular weight is 292 g/mol. The molecule has 2 aromatic rings. The molecular formula is C15H14F2N2O2. The first-order valence-corrected chi connectivity index (χ1v) is 6.32. The monoisotopic (exact) mass is 292 g/mol. The molecule has 2 rings (SSSR count). The van der Waals surface area contributed by atoms with Gasteiger partial charge in [-0.15, -0.1) is 0 Å². The summed E-state index contributed by atoms with van der Waals surface area (Å²) in [5, 5.41) is 13.4. The van der Waals surface area contributed by atoms with Crippen LogP contribution in [0, 0.1) is 35.6 Å². The predicted octanol–water partition coefficient (Wildman–Crippen LogP) is 4.10. The van der Waals surface area contributed by atoms with Crippen LogP contribution in [0.4, 0.5) is 20.2 Å². The van der Waals surface area contributed by atoms with Gasteiger partial charge >= 0.3 is 5.69 Å². The number of benzene rings is 2. The van der Waals surface area contributed by atoms with Crippen molar-refractivity contribution in [3.05, 3.63) is 68.8 Å². The van der Waals surface area contributed by atoms with Crippen molar-refractivity contribution < 1.29 is 13.7 Å². The van der Waals surface area contributed by atoms with Gasteiger partial charge in [-0.1, -0.05) is 18.2 Å². The van der Waals surface area contributed by atoms with Gasteiger partial charge in [-0.3, -0.25) is 10.1 Å². The van der Waals surface area contributed by atoms with Crippen LogP contribution < -0.4 is 5.32 Å². The Hall–Kier alpha value is -2.50. The fourth-order valence-corrected chi connectivity index (χ4v) is 1.92. The number of halogens is 2. The lowest BCUT2D eigenvalue weighted by atomic mass is 10.1. The summed E-state index contributed by atoms with van der Waals surface area (Å²) in [4.78, 5) is 9.78. The minimum Gasteiger partial charge on any atom is -0.378 e. The minimum atomic E-state index is -1.19.